The summed E-state index contributed by atoms with van der Waals surface area (Å²) in [5.41, 5.74) is 1.41. The zero-order valence-electron chi connectivity index (χ0n) is 11.4. The molecule has 0 spiro atoms. The molecule has 0 aromatic carbocycles. The van der Waals surface area contributed by atoms with Gasteiger partial charge in [0.15, 0.2) is 9.84 Å². The summed E-state index contributed by atoms with van der Waals surface area (Å²) in [6, 6.07) is 0. The Balaban J connectivity index is 1.99. The number of hydrogen-bond donors (Lipinski definition) is 1. The Morgan fingerprint density at radius 2 is 2.00 bits per heavy atom. The molecule has 2 heterocycles. The first-order valence-electron chi connectivity index (χ1n) is 6.35. The standard InChI is InChI=1S/C13H19NO4S/c1-8-9(2)18-10(3)12(8)13(15)14-6-11-4-5-19(16,17)7-11/h11H,4-7H2,1-3H3,(H,14,15)/t11-/m0/s1. The number of aryl methyl sites for hydroxylation is 2. The van der Waals surface area contributed by atoms with Gasteiger partial charge in [0.25, 0.3) is 5.91 Å². The second-order valence-corrected chi connectivity index (χ2v) is 7.42. The van der Waals surface area contributed by atoms with Crippen molar-refractivity contribution in [3.05, 3.63) is 22.6 Å². The summed E-state index contributed by atoms with van der Waals surface area (Å²) >= 11 is 0. The summed E-state index contributed by atoms with van der Waals surface area (Å²) in [7, 11) is -2.89. The van der Waals surface area contributed by atoms with Gasteiger partial charge in [-0.1, -0.05) is 0 Å². The molecule has 0 bridgehead atoms. The van der Waals surface area contributed by atoms with E-state index in [-0.39, 0.29) is 23.3 Å². The number of carbonyl (C=O) groups is 1. The van der Waals surface area contributed by atoms with Crippen molar-refractivity contribution in [2.24, 2.45) is 5.92 Å². The van der Waals surface area contributed by atoms with E-state index in [0.29, 0.717) is 24.3 Å². The van der Waals surface area contributed by atoms with Gasteiger partial charge in [0, 0.05) is 12.1 Å². The van der Waals surface area contributed by atoms with Crippen LogP contribution in [-0.4, -0.2) is 32.4 Å². The number of carbonyl (C=O) groups excluding carboxylic acids is 1. The van der Waals surface area contributed by atoms with E-state index in [0.717, 1.165) is 11.3 Å². The average Bonchev–Trinajstić information content (AvgIpc) is 2.77. The Labute approximate surface area is 113 Å². The van der Waals surface area contributed by atoms with Gasteiger partial charge in [0.05, 0.1) is 17.1 Å². The molecule has 1 amide bonds. The summed E-state index contributed by atoms with van der Waals surface area (Å²) in [5.74, 6) is 1.60. The quantitative estimate of drug-likeness (QED) is 0.910. The molecule has 1 fully saturated rings. The van der Waals surface area contributed by atoms with Crippen LogP contribution in [0.25, 0.3) is 0 Å². The molecule has 19 heavy (non-hydrogen) atoms. The molecule has 0 radical (unpaired) electrons. The molecule has 1 aromatic heterocycles. The van der Waals surface area contributed by atoms with Gasteiger partial charge in [0.1, 0.15) is 11.5 Å². The van der Waals surface area contributed by atoms with E-state index in [1.165, 1.54) is 0 Å². The monoisotopic (exact) mass is 285 g/mol. The molecule has 1 atom stereocenters. The lowest BCUT2D eigenvalue weighted by atomic mass is 10.1. The van der Waals surface area contributed by atoms with Crippen molar-refractivity contribution in [1.29, 1.82) is 0 Å². The van der Waals surface area contributed by atoms with Crippen molar-refractivity contribution in [3.63, 3.8) is 0 Å². The largest absolute Gasteiger partial charge is 0.466 e. The topological polar surface area (TPSA) is 76.4 Å². The van der Waals surface area contributed by atoms with Crippen molar-refractivity contribution in [1.82, 2.24) is 5.32 Å². The first-order chi connectivity index (χ1) is 8.80. The Morgan fingerprint density at radius 1 is 1.32 bits per heavy atom. The maximum absolute atomic E-state index is 12.1. The maximum atomic E-state index is 12.1. The minimum Gasteiger partial charge on any atom is -0.466 e. The summed E-state index contributed by atoms with van der Waals surface area (Å²) in [4.78, 5) is 12.1. The van der Waals surface area contributed by atoms with E-state index in [2.05, 4.69) is 5.32 Å². The number of furan rings is 1. The fraction of sp³-hybridized carbons (Fsp3) is 0.615. The molecule has 5 nitrogen and oxygen atoms in total. The lowest BCUT2D eigenvalue weighted by molar-refractivity contribution is 0.0946. The molecule has 1 saturated heterocycles. The smallest absolute Gasteiger partial charge is 0.255 e. The van der Waals surface area contributed by atoms with Gasteiger partial charge < -0.3 is 9.73 Å². The highest BCUT2D eigenvalue weighted by molar-refractivity contribution is 7.91. The number of amides is 1. The molecule has 6 heteroatoms. The van der Waals surface area contributed by atoms with Crippen LogP contribution in [0.4, 0.5) is 0 Å². The fourth-order valence-corrected chi connectivity index (χ4v) is 4.35. The highest BCUT2D eigenvalue weighted by atomic mass is 32.2. The Kier molecular flexibility index (Phi) is 3.71. The average molecular weight is 285 g/mol. The molecule has 1 aliphatic rings. The van der Waals surface area contributed by atoms with Crippen LogP contribution in [0.1, 0.15) is 33.9 Å². The molecule has 1 aromatic rings. The SMILES string of the molecule is Cc1oc(C)c(C(=O)NC[C@@H]2CCS(=O)(=O)C2)c1C. The van der Waals surface area contributed by atoms with Crippen molar-refractivity contribution >= 4 is 15.7 Å². The summed E-state index contributed by atoms with van der Waals surface area (Å²) < 4.78 is 28.1. The van der Waals surface area contributed by atoms with Crippen LogP contribution in [0.15, 0.2) is 4.42 Å². The summed E-state index contributed by atoms with van der Waals surface area (Å²) in [6.07, 6.45) is 0.630. The third-order valence-corrected chi connectivity index (χ3v) is 5.50. The molecular formula is C13H19NO4S. The van der Waals surface area contributed by atoms with Crippen LogP contribution in [0, 0.1) is 26.7 Å². The van der Waals surface area contributed by atoms with Crippen molar-refractivity contribution in [3.8, 4) is 0 Å². The van der Waals surface area contributed by atoms with Gasteiger partial charge >= 0.3 is 0 Å². The van der Waals surface area contributed by atoms with Crippen LogP contribution >= 0.6 is 0 Å². The van der Waals surface area contributed by atoms with Crippen LogP contribution in [0.3, 0.4) is 0 Å². The number of nitrogens with one attached hydrogen (secondary N) is 1. The number of sulfone groups is 1. The summed E-state index contributed by atoms with van der Waals surface area (Å²) in [6.45, 7) is 5.83. The van der Waals surface area contributed by atoms with E-state index in [1.807, 2.05) is 13.8 Å². The number of hydrogen-bond acceptors (Lipinski definition) is 4. The zero-order chi connectivity index (χ0) is 14.2. The van der Waals surface area contributed by atoms with Crippen LogP contribution < -0.4 is 5.32 Å². The van der Waals surface area contributed by atoms with Crippen LogP contribution in [0.5, 0.6) is 0 Å². The van der Waals surface area contributed by atoms with Crippen molar-refractivity contribution in [2.45, 2.75) is 27.2 Å². The van der Waals surface area contributed by atoms with E-state index >= 15 is 0 Å². The second kappa shape index (κ2) is 5.00. The van der Waals surface area contributed by atoms with Gasteiger partial charge in [0.2, 0.25) is 0 Å². The Hall–Kier alpha value is -1.30. The lowest BCUT2D eigenvalue weighted by Crippen LogP contribution is -2.30. The Bertz CT molecular complexity index is 600. The molecule has 0 unspecified atom stereocenters. The van der Waals surface area contributed by atoms with E-state index in [4.69, 9.17) is 4.42 Å². The third kappa shape index (κ3) is 3.00. The normalized spacial score (nSPS) is 21.5. The van der Waals surface area contributed by atoms with Gasteiger partial charge in [-0.3, -0.25) is 4.79 Å². The minimum atomic E-state index is -2.89. The first kappa shape index (κ1) is 14.1. The van der Waals surface area contributed by atoms with E-state index < -0.39 is 9.84 Å². The highest BCUT2D eigenvalue weighted by Crippen LogP contribution is 2.21. The first-order valence-corrected chi connectivity index (χ1v) is 8.17. The predicted molar refractivity (Wildman–Crippen MR) is 72.0 cm³/mol. The van der Waals surface area contributed by atoms with Gasteiger partial charge in [-0.2, -0.15) is 0 Å². The summed E-state index contributed by atoms with van der Waals surface area (Å²) in [5, 5.41) is 2.81. The minimum absolute atomic E-state index is 0.0301. The van der Waals surface area contributed by atoms with Gasteiger partial charge in [-0.05, 0) is 33.1 Å². The highest BCUT2D eigenvalue weighted by Gasteiger charge is 2.28. The molecule has 0 saturated carbocycles. The molecule has 1 N–H and O–H groups in total. The lowest BCUT2D eigenvalue weighted by Gasteiger charge is -2.09. The van der Waals surface area contributed by atoms with Gasteiger partial charge in [-0.25, -0.2) is 8.42 Å². The predicted octanol–water partition coefficient (Wildman–Crippen LogP) is 1.37. The molecule has 0 aliphatic carbocycles. The van der Waals surface area contributed by atoms with Crippen molar-refractivity contribution < 1.29 is 17.6 Å². The molecular weight excluding hydrogens is 266 g/mol. The zero-order valence-corrected chi connectivity index (χ0v) is 12.3. The third-order valence-electron chi connectivity index (χ3n) is 3.67. The van der Waals surface area contributed by atoms with Crippen LogP contribution in [-0.2, 0) is 9.84 Å². The molecule has 2 rings (SSSR count). The van der Waals surface area contributed by atoms with Gasteiger partial charge in [-0.15, -0.1) is 0 Å². The van der Waals surface area contributed by atoms with E-state index in [9.17, 15) is 13.2 Å². The molecule has 1 aliphatic heterocycles. The van der Waals surface area contributed by atoms with E-state index in [1.54, 1.807) is 6.92 Å². The van der Waals surface area contributed by atoms with Crippen LogP contribution in [0.2, 0.25) is 0 Å². The number of rotatable bonds is 3. The second-order valence-electron chi connectivity index (χ2n) is 5.19. The Morgan fingerprint density at radius 3 is 2.47 bits per heavy atom. The van der Waals surface area contributed by atoms with Crippen molar-refractivity contribution in [2.75, 3.05) is 18.1 Å². The fourth-order valence-electron chi connectivity index (χ4n) is 2.49. The maximum Gasteiger partial charge on any atom is 0.255 e. The molecule has 106 valence electrons.